The highest BCUT2D eigenvalue weighted by Gasteiger charge is 2.13. The largest absolute Gasteiger partial charge is 0.479 e. The first-order valence-corrected chi connectivity index (χ1v) is 5.45. The predicted octanol–water partition coefficient (Wildman–Crippen LogP) is 1.17. The summed E-state index contributed by atoms with van der Waals surface area (Å²) in [6.45, 7) is 0.512. The molecular formula is C12H15N3O2. The van der Waals surface area contributed by atoms with E-state index in [0.29, 0.717) is 31.2 Å². The van der Waals surface area contributed by atoms with Gasteiger partial charge in [-0.15, -0.1) is 0 Å². The van der Waals surface area contributed by atoms with E-state index in [9.17, 15) is 0 Å². The second kappa shape index (κ2) is 5.45. The number of hydrogen-bond donors (Lipinski definition) is 1. The molecule has 0 aromatic carbocycles. The van der Waals surface area contributed by atoms with E-state index in [1.165, 1.54) is 0 Å². The molecule has 17 heavy (non-hydrogen) atoms. The van der Waals surface area contributed by atoms with Crippen LogP contribution >= 0.6 is 0 Å². The van der Waals surface area contributed by atoms with E-state index >= 15 is 0 Å². The highest BCUT2D eigenvalue weighted by Crippen LogP contribution is 2.22. The fourth-order valence-corrected chi connectivity index (χ4v) is 1.57. The molecule has 2 heterocycles. The van der Waals surface area contributed by atoms with Gasteiger partial charge in [-0.05, 0) is 17.7 Å². The number of aromatic nitrogens is 2. The zero-order valence-electron chi connectivity index (χ0n) is 9.72. The normalized spacial score (nSPS) is 10.5. The van der Waals surface area contributed by atoms with Crippen molar-refractivity contribution in [2.45, 2.75) is 12.8 Å². The maximum Gasteiger partial charge on any atom is 0.256 e. The van der Waals surface area contributed by atoms with Crippen molar-refractivity contribution in [3.05, 3.63) is 41.7 Å². The fourth-order valence-electron chi connectivity index (χ4n) is 1.57. The number of hydrogen-bond acceptors (Lipinski definition) is 5. The molecule has 5 nitrogen and oxygen atoms in total. The third-order valence-electron chi connectivity index (χ3n) is 2.37. The molecule has 0 spiro atoms. The van der Waals surface area contributed by atoms with Crippen LogP contribution in [0.25, 0.3) is 0 Å². The number of nitrogens with two attached hydrogens (primary N) is 1. The van der Waals surface area contributed by atoms with Gasteiger partial charge in [0.1, 0.15) is 0 Å². The van der Waals surface area contributed by atoms with E-state index in [2.05, 4.69) is 9.97 Å². The maximum absolute atomic E-state index is 5.61. The standard InChI is InChI=1S/C12H15N3O2/c1-16-12-10(17-11(15-12)2-5-13)8-9-3-6-14-7-4-9/h3-4,6-7H,2,5,8,13H2,1H3. The van der Waals surface area contributed by atoms with Gasteiger partial charge in [0, 0.05) is 31.8 Å². The second-order valence-electron chi connectivity index (χ2n) is 3.61. The van der Waals surface area contributed by atoms with Gasteiger partial charge >= 0.3 is 0 Å². The van der Waals surface area contributed by atoms with E-state index in [4.69, 9.17) is 14.9 Å². The van der Waals surface area contributed by atoms with Crippen LogP contribution in [0.1, 0.15) is 17.2 Å². The van der Waals surface area contributed by atoms with Crippen molar-refractivity contribution in [2.24, 2.45) is 5.73 Å². The summed E-state index contributed by atoms with van der Waals surface area (Å²) in [5.74, 6) is 1.88. The molecule has 90 valence electrons. The molecule has 0 aliphatic rings. The van der Waals surface area contributed by atoms with Crippen molar-refractivity contribution in [1.29, 1.82) is 0 Å². The van der Waals surface area contributed by atoms with Crippen LogP contribution in [-0.4, -0.2) is 23.6 Å². The maximum atomic E-state index is 5.61. The van der Waals surface area contributed by atoms with Crippen LogP contribution in [0, 0.1) is 0 Å². The van der Waals surface area contributed by atoms with Crippen molar-refractivity contribution in [3.63, 3.8) is 0 Å². The van der Waals surface area contributed by atoms with Crippen LogP contribution in [0.5, 0.6) is 5.88 Å². The molecule has 0 amide bonds. The Morgan fingerprint density at radius 1 is 1.35 bits per heavy atom. The summed E-state index contributed by atoms with van der Waals surface area (Å²) < 4.78 is 10.8. The Bertz CT molecular complexity index is 468. The van der Waals surface area contributed by atoms with Crippen molar-refractivity contribution in [3.8, 4) is 5.88 Å². The number of ether oxygens (including phenoxy) is 1. The zero-order valence-corrected chi connectivity index (χ0v) is 9.72. The molecule has 0 fully saturated rings. The molecule has 0 aliphatic carbocycles. The third kappa shape index (κ3) is 2.82. The fraction of sp³-hybridized carbons (Fsp3) is 0.333. The van der Waals surface area contributed by atoms with Gasteiger partial charge in [0.05, 0.1) is 7.11 Å². The monoisotopic (exact) mass is 233 g/mol. The summed E-state index contributed by atoms with van der Waals surface area (Å²) in [5.41, 5.74) is 6.57. The van der Waals surface area contributed by atoms with Crippen LogP contribution in [0.2, 0.25) is 0 Å². The first kappa shape index (κ1) is 11.6. The first-order chi connectivity index (χ1) is 8.33. The van der Waals surface area contributed by atoms with Gasteiger partial charge in [-0.3, -0.25) is 4.98 Å². The lowest BCUT2D eigenvalue weighted by atomic mass is 10.2. The van der Waals surface area contributed by atoms with Gasteiger partial charge in [0.15, 0.2) is 11.7 Å². The molecule has 0 saturated heterocycles. The number of oxazole rings is 1. The third-order valence-corrected chi connectivity index (χ3v) is 2.37. The molecule has 0 saturated carbocycles. The Labute approximate surface area is 99.6 Å². The summed E-state index contributed by atoms with van der Waals surface area (Å²) >= 11 is 0. The van der Waals surface area contributed by atoms with E-state index < -0.39 is 0 Å². The number of nitrogens with zero attached hydrogens (tertiary/aromatic N) is 2. The Morgan fingerprint density at radius 3 is 2.76 bits per heavy atom. The lowest BCUT2D eigenvalue weighted by Gasteiger charge is -1.99. The highest BCUT2D eigenvalue weighted by atomic mass is 16.5. The first-order valence-electron chi connectivity index (χ1n) is 5.45. The molecular weight excluding hydrogens is 218 g/mol. The topological polar surface area (TPSA) is 74.2 Å². The quantitative estimate of drug-likeness (QED) is 0.839. The lowest BCUT2D eigenvalue weighted by Crippen LogP contribution is -2.02. The Morgan fingerprint density at radius 2 is 2.12 bits per heavy atom. The van der Waals surface area contributed by atoms with E-state index in [1.807, 2.05) is 12.1 Å². The zero-order chi connectivity index (χ0) is 12.1. The minimum atomic E-state index is 0.512. The molecule has 5 heteroatoms. The van der Waals surface area contributed by atoms with Gasteiger partial charge in [-0.1, -0.05) is 0 Å². The van der Waals surface area contributed by atoms with Crippen molar-refractivity contribution in [1.82, 2.24) is 9.97 Å². The van der Waals surface area contributed by atoms with E-state index in [1.54, 1.807) is 19.5 Å². The van der Waals surface area contributed by atoms with Crippen LogP contribution in [0.15, 0.2) is 28.9 Å². The van der Waals surface area contributed by atoms with Gasteiger partial charge < -0.3 is 14.9 Å². The average molecular weight is 233 g/mol. The van der Waals surface area contributed by atoms with Crippen molar-refractivity contribution < 1.29 is 9.15 Å². The smallest absolute Gasteiger partial charge is 0.256 e. The predicted molar refractivity (Wildman–Crippen MR) is 62.9 cm³/mol. The van der Waals surface area contributed by atoms with E-state index in [0.717, 1.165) is 11.3 Å². The lowest BCUT2D eigenvalue weighted by molar-refractivity contribution is 0.384. The SMILES string of the molecule is COc1nc(CCN)oc1Cc1ccncc1. The minimum Gasteiger partial charge on any atom is -0.479 e. The molecule has 2 rings (SSSR count). The van der Waals surface area contributed by atoms with Crippen LogP contribution in [-0.2, 0) is 12.8 Å². The van der Waals surface area contributed by atoms with Gasteiger partial charge in [0.25, 0.3) is 5.88 Å². The molecule has 2 N–H and O–H groups in total. The van der Waals surface area contributed by atoms with E-state index in [-0.39, 0.29) is 0 Å². The summed E-state index contributed by atoms with van der Waals surface area (Å²) in [4.78, 5) is 8.20. The van der Waals surface area contributed by atoms with Crippen LogP contribution in [0.3, 0.4) is 0 Å². The molecule has 0 bridgehead atoms. The second-order valence-corrected chi connectivity index (χ2v) is 3.61. The Kier molecular flexibility index (Phi) is 3.72. The molecule has 0 radical (unpaired) electrons. The number of methoxy groups -OCH3 is 1. The summed E-state index contributed by atoms with van der Waals surface area (Å²) in [6, 6.07) is 3.87. The van der Waals surface area contributed by atoms with Crippen molar-refractivity contribution >= 4 is 0 Å². The molecule has 0 aliphatic heterocycles. The summed E-state index contributed by atoms with van der Waals surface area (Å²) in [5, 5.41) is 0. The number of rotatable bonds is 5. The molecule has 2 aromatic heterocycles. The summed E-state index contributed by atoms with van der Waals surface area (Å²) in [6.07, 6.45) is 4.76. The van der Waals surface area contributed by atoms with Gasteiger partial charge in [-0.2, -0.15) is 4.98 Å². The molecule has 0 unspecified atom stereocenters. The van der Waals surface area contributed by atoms with Crippen LogP contribution < -0.4 is 10.5 Å². The molecule has 2 aromatic rings. The van der Waals surface area contributed by atoms with Crippen LogP contribution in [0.4, 0.5) is 0 Å². The Hall–Kier alpha value is -1.88. The highest BCUT2D eigenvalue weighted by molar-refractivity contribution is 5.25. The number of pyridine rings is 1. The molecule has 0 atom stereocenters. The van der Waals surface area contributed by atoms with Crippen molar-refractivity contribution in [2.75, 3.05) is 13.7 Å². The minimum absolute atomic E-state index is 0.512. The average Bonchev–Trinajstić information content (AvgIpc) is 2.73. The van der Waals surface area contributed by atoms with Gasteiger partial charge in [-0.25, -0.2) is 0 Å². The van der Waals surface area contributed by atoms with Gasteiger partial charge in [0.2, 0.25) is 0 Å². The summed E-state index contributed by atoms with van der Waals surface area (Å²) in [7, 11) is 1.58. The Balaban J connectivity index is 2.19.